The molecule has 5 N–H and O–H groups in total. The molecule has 1 aromatic heterocycles. The van der Waals surface area contributed by atoms with Crippen molar-refractivity contribution in [3.8, 4) is 5.88 Å². The van der Waals surface area contributed by atoms with Gasteiger partial charge in [0.25, 0.3) is 0 Å². The second-order valence-corrected chi connectivity index (χ2v) is 4.55. The fourth-order valence-corrected chi connectivity index (χ4v) is 1.49. The van der Waals surface area contributed by atoms with Gasteiger partial charge in [-0.05, 0) is 30.9 Å². The van der Waals surface area contributed by atoms with Gasteiger partial charge in [0.1, 0.15) is 5.82 Å². The summed E-state index contributed by atoms with van der Waals surface area (Å²) >= 11 is 0. The van der Waals surface area contributed by atoms with Crippen LogP contribution < -0.4 is 15.8 Å². The molecule has 1 saturated carbocycles. The van der Waals surface area contributed by atoms with Gasteiger partial charge in [-0.1, -0.05) is 0 Å². The molecule has 0 bridgehead atoms. The lowest BCUT2D eigenvalue weighted by molar-refractivity contribution is 0.203. The van der Waals surface area contributed by atoms with Gasteiger partial charge in [0.15, 0.2) is 0 Å². The van der Waals surface area contributed by atoms with E-state index in [4.69, 9.17) is 20.7 Å². The average Bonchev–Trinajstić information content (AvgIpc) is 3.20. The quantitative estimate of drug-likeness (QED) is 0.554. The third-order valence-electron chi connectivity index (χ3n) is 2.84. The van der Waals surface area contributed by atoms with Crippen LogP contribution in [0.4, 0.5) is 11.5 Å². The number of hydrogen-bond acceptors (Lipinski definition) is 6. The van der Waals surface area contributed by atoms with Gasteiger partial charge in [-0.3, -0.25) is 0 Å². The number of ether oxygens (including phenoxy) is 1. The Hall–Kier alpha value is -1.53. The Labute approximate surface area is 106 Å². The van der Waals surface area contributed by atoms with Crippen LogP contribution in [0.25, 0.3) is 0 Å². The third kappa shape index (κ3) is 3.48. The van der Waals surface area contributed by atoms with Crippen molar-refractivity contribution >= 4 is 11.5 Å². The minimum absolute atomic E-state index is 0.166. The minimum Gasteiger partial charge on any atom is -0.476 e. The highest BCUT2D eigenvalue weighted by Gasteiger charge is 2.22. The molecule has 0 amide bonds. The van der Waals surface area contributed by atoms with Gasteiger partial charge in [-0.15, -0.1) is 0 Å². The Kier molecular flexibility index (Phi) is 4.22. The number of nitrogens with two attached hydrogens (primary N) is 1. The van der Waals surface area contributed by atoms with Gasteiger partial charge in [0.05, 0.1) is 31.5 Å². The molecule has 1 heterocycles. The van der Waals surface area contributed by atoms with E-state index in [-0.39, 0.29) is 13.2 Å². The number of nitrogen functional groups attached to an aromatic ring is 1. The summed E-state index contributed by atoms with van der Waals surface area (Å²) < 4.78 is 5.55. The summed E-state index contributed by atoms with van der Waals surface area (Å²) in [5.41, 5.74) is 6.27. The van der Waals surface area contributed by atoms with E-state index in [9.17, 15) is 0 Å². The van der Waals surface area contributed by atoms with Crippen LogP contribution in [0.1, 0.15) is 12.8 Å². The largest absolute Gasteiger partial charge is 0.476 e. The van der Waals surface area contributed by atoms with Crippen LogP contribution in [-0.2, 0) is 0 Å². The first-order chi connectivity index (χ1) is 8.72. The number of pyridine rings is 1. The van der Waals surface area contributed by atoms with Gasteiger partial charge in [0, 0.05) is 0 Å². The van der Waals surface area contributed by atoms with E-state index in [0.717, 1.165) is 0 Å². The molecule has 100 valence electrons. The summed E-state index contributed by atoms with van der Waals surface area (Å²) in [7, 11) is 0. The first-order valence-electron chi connectivity index (χ1n) is 6.10. The summed E-state index contributed by atoms with van der Waals surface area (Å²) in [4.78, 5) is 4.23. The summed E-state index contributed by atoms with van der Waals surface area (Å²) in [5.74, 6) is 1.56. The number of aromatic nitrogens is 1. The SMILES string of the molecule is Nc1ccc(NC(CO)CO)nc1OCC1CC1. The van der Waals surface area contributed by atoms with Crippen molar-refractivity contribution in [1.29, 1.82) is 0 Å². The Morgan fingerprint density at radius 2 is 2.11 bits per heavy atom. The first-order valence-corrected chi connectivity index (χ1v) is 6.10. The Balaban J connectivity index is 1.99. The van der Waals surface area contributed by atoms with Crippen molar-refractivity contribution in [2.24, 2.45) is 5.92 Å². The lowest BCUT2D eigenvalue weighted by Gasteiger charge is -2.15. The lowest BCUT2D eigenvalue weighted by Crippen LogP contribution is -2.28. The lowest BCUT2D eigenvalue weighted by atomic mass is 10.3. The van der Waals surface area contributed by atoms with E-state index in [2.05, 4.69) is 10.3 Å². The molecule has 1 aromatic rings. The number of aliphatic hydroxyl groups is 2. The van der Waals surface area contributed by atoms with Crippen LogP contribution >= 0.6 is 0 Å². The highest BCUT2D eigenvalue weighted by Crippen LogP contribution is 2.30. The fraction of sp³-hybridized carbons (Fsp3) is 0.583. The normalized spacial score (nSPS) is 14.8. The molecule has 6 heteroatoms. The maximum Gasteiger partial charge on any atom is 0.239 e. The molecule has 0 aliphatic heterocycles. The van der Waals surface area contributed by atoms with Crippen molar-refractivity contribution in [1.82, 2.24) is 4.98 Å². The van der Waals surface area contributed by atoms with Crippen LogP contribution in [0.3, 0.4) is 0 Å². The van der Waals surface area contributed by atoms with Crippen molar-refractivity contribution < 1.29 is 14.9 Å². The Morgan fingerprint density at radius 1 is 1.39 bits per heavy atom. The predicted molar refractivity (Wildman–Crippen MR) is 68.5 cm³/mol. The minimum atomic E-state index is -0.433. The number of nitrogens with one attached hydrogen (secondary N) is 1. The second-order valence-electron chi connectivity index (χ2n) is 4.55. The van der Waals surface area contributed by atoms with Crippen molar-refractivity contribution in [2.75, 3.05) is 30.9 Å². The van der Waals surface area contributed by atoms with Crippen LogP contribution in [0.5, 0.6) is 5.88 Å². The van der Waals surface area contributed by atoms with Gasteiger partial charge in [-0.2, -0.15) is 4.98 Å². The number of rotatable bonds is 7. The van der Waals surface area contributed by atoms with E-state index >= 15 is 0 Å². The molecule has 6 nitrogen and oxygen atoms in total. The Bertz CT molecular complexity index is 392. The molecule has 0 spiro atoms. The van der Waals surface area contributed by atoms with E-state index in [1.165, 1.54) is 12.8 Å². The maximum absolute atomic E-state index is 8.99. The number of hydrogen-bond donors (Lipinski definition) is 4. The standard InChI is InChI=1S/C12H19N3O3/c13-10-3-4-11(14-9(5-16)6-17)15-12(10)18-7-8-1-2-8/h3-4,8-9,16-17H,1-2,5-7,13H2,(H,14,15). The molecule has 0 aromatic carbocycles. The smallest absolute Gasteiger partial charge is 0.239 e. The third-order valence-corrected chi connectivity index (χ3v) is 2.84. The number of aliphatic hydroxyl groups excluding tert-OH is 2. The van der Waals surface area contributed by atoms with Crippen molar-refractivity contribution in [2.45, 2.75) is 18.9 Å². The summed E-state index contributed by atoms with van der Waals surface area (Å²) in [6, 6.07) is 2.96. The Morgan fingerprint density at radius 3 is 2.72 bits per heavy atom. The second kappa shape index (κ2) is 5.88. The highest BCUT2D eigenvalue weighted by atomic mass is 16.5. The molecule has 2 rings (SSSR count). The van der Waals surface area contributed by atoms with Crippen LogP contribution in [0, 0.1) is 5.92 Å². The summed E-state index contributed by atoms with van der Waals surface area (Å²) in [5, 5.41) is 20.9. The van der Waals surface area contributed by atoms with E-state index < -0.39 is 6.04 Å². The molecule has 1 fully saturated rings. The first kappa shape index (κ1) is 12.9. The zero-order chi connectivity index (χ0) is 13.0. The number of nitrogens with zero attached hydrogens (tertiary/aromatic N) is 1. The van der Waals surface area contributed by atoms with Gasteiger partial charge in [0.2, 0.25) is 5.88 Å². The van der Waals surface area contributed by atoms with Crippen molar-refractivity contribution in [3.05, 3.63) is 12.1 Å². The highest BCUT2D eigenvalue weighted by molar-refractivity contribution is 5.53. The predicted octanol–water partition coefficient (Wildman–Crippen LogP) is 0.218. The molecule has 18 heavy (non-hydrogen) atoms. The summed E-state index contributed by atoms with van der Waals surface area (Å²) in [6.07, 6.45) is 2.41. The zero-order valence-electron chi connectivity index (χ0n) is 10.2. The molecule has 0 saturated heterocycles. The van der Waals surface area contributed by atoms with Crippen LogP contribution in [0.15, 0.2) is 12.1 Å². The van der Waals surface area contributed by atoms with Gasteiger partial charge >= 0.3 is 0 Å². The van der Waals surface area contributed by atoms with Crippen molar-refractivity contribution in [3.63, 3.8) is 0 Å². The molecule has 1 aliphatic carbocycles. The van der Waals surface area contributed by atoms with Crippen LogP contribution in [0.2, 0.25) is 0 Å². The zero-order valence-corrected chi connectivity index (χ0v) is 10.2. The van der Waals surface area contributed by atoms with E-state index in [0.29, 0.717) is 29.9 Å². The molecule has 0 unspecified atom stereocenters. The van der Waals surface area contributed by atoms with Gasteiger partial charge in [-0.25, -0.2) is 0 Å². The van der Waals surface area contributed by atoms with Gasteiger partial charge < -0.3 is 26.0 Å². The topological polar surface area (TPSA) is 101 Å². The number of anilines is 2. The average molecular weight is 253 g/mol. The molecule has 0 atom stereocenters. The summed E-state index contributed by atoms with van der Waals surface area (Å²) in [6.45, 7) is 0.311. The van der Waals surface area contributed by atoms with E-state index in [1.807, 2.05) is 0 Å². The molecular weight excluding hydrogens is 234 g/mol. The monoisotopic (exact) mass is 253 g/mol. The van der Waals surface area contributed by atoms with E-state index in [1.54, 1.807) is 12.1 Å². The fourth-order valence-electron chi connectivity index (χ4n) is 1.49. The van der Waals surface area contributed by atoms with Crippen LogP contribution in [-0.4, -0.2) is 41.1 Å². The molecular formula is C12H19N3O3. The molecule has 0 radical (unpaired) electrons. The maximum atomic E-state index is 8.99. The molecule has 1 aliphatic rings.